The van der Waals surface area contributed by atoms with E-state index in [9.17, 15) is 14.4 Å². The summed E-state index contributed by atoms with van der Waals surface area (Å²) in [5.74, 6) is -0.993. The van der Waals surface area contributed by atoms with Gasteiger partial charge in [-0.2, -0.15) is 0 Å². The molecule has 0 atom stereocenters. The van der Waals surface area contributed by atoms with Crippen molar-refractivity contribution in [2.45, 2.75) is 13.0 Å². The predicted octanol–water partition coefficient (Wildman–Crippen LogP) is 0.164. The van der Waals surface area contributed by atoms with E-state index in [1.54, 1.807) is 24.3 Å². The van der Waals surface area contributed by atoms with E-state index in [2.05, 4.69) is 4.98 Å². The van der Waals surface area contributed by atoms with Gasteiger partial charge in [-0.3, -0.25) is 19.1 Å². The summed E-state index contributed by atoms with van der Waals surface area (Å²) < 4.78 is 1.25. The molecule has 0 aliphatic heterocycles. The Kier molecular flexibility index (Phi) is 2.78. The summed E-state index contributed by atoms with van der Waals surface area (Å²) in [5, 5.41) is 8.98. The van der Waals surface area contributed by atoms with Gasteiger partial charge in [0.25, 0.3) is 5.56 Å². The van der Waals surface area contributed by atoms with Crippen LogP contribution >= 0.6 is 0 Å². The molecule has 0 aliphatic rings. The highest BCUT2D eigenvalue weighted by Gasteiger charge is 2.07. The molecule has 17 heavy (non-hydrogen) atoms. The van der Waals surface area contributed by atoms with E-state index in [4.69, 9.17) is 5.11 Å². The smallest absolute Gasteiger partial charge is 0.328 e. The maximum atomic E-state index is 11.6. The van der Waals surface area contributed by atoms with E-state index in [1.807, 2.05) is 0 Å². The van der Waals surface area contributed by atoms with Gasteiger partial charge in [0.15, 0.2) is 0 Å². The Balaban J connectivity index is 2.65. The van der Waals surface area contributed by atoms with Crippen LogP contribution in [0.4, 0.5) is 0 Å². The van der Waals surface area contributed by atoms with Crippen LogP contribution in [-0.2, 0) is 11.3 Å². The number of benzene rings is 1. The first-order chi connectivity index (χ1) is 8.09. The topological polar surface area (TPSA) is 92.2 Å². The van der Waals surface area contributed by atoms with Gasteiger partial charge in [-0.1, -0.05) is 12.1 Å². The fourth-order valence-electron chi connectivity index (χ4n) is 1.67. The van der Waals surface area contributed by atoms with Gasteiger partial charge in [0.1, 0.15) is 0 Å². The predicted molar refractivity (Wildman–Crippen MR) is 61.1 cm³/mol. The van der Waals surface area contributed by atoms with Gasteiger partial charge in [0.05, 0.1) is 17.3 Å². The van der Waals surface area contributed by atoms with Gasteiger partial charge in [-0.05, 0) is 12.1 Å². The van der Waals surface area contributed by atoms with Gasteiger partial charge in [-0.15, -0.1) is 0 Å². The first-order valence-corrected chi connectivity index (χ1v) is 5.03. The van der Waals surface area contributed by atoms with Crippen molar-refractivity contribution in [3.8, 4) is 0 Å². The summed E-state index contributed by atoms with van der Waals surface area (Å²) in [5.41, 5.74) is -0.602. The van der Waals surface area contributed by atoms with Crippen molar-refractivity contribution >= 4 is 16.9 Å². The summed E-state index contributed by atoms with van der Waals surface area (Å²) in [7, 11) is 0. The third-order valence-electron chi connectivity index (χ3n) is 2.45. The van der Waals surface area contributed by atoms with Crippen LogP contribution in [0.1, 0.15) is 6.42 Å². The number of nitrogens with one attached hydrogen (secondary N) is 1. The molecule has 0 aliphatic carbocycles. The number of carbonyl (C=O) groups is 1. The Morgan fingerprint density at radius 2 is 2.00 bits per heavy atom. The highest BCUT2D eigenvalue weighted by atomic mass is 16.4. The zero-order valence-corrected chi connectivity index (χ0v) is 8.84. The van der Waals surface area contributed by atoms with Crippen LogP contribution in [0.25, 0.3) is 10.9 Å². The molecular formula is C11H10N2O4. The Bertz CT molecular complexity index is 684. The van der Waals surface area contributed by atoms with Crippen LogP contribution in [-0.4, -0.2) is 20.6 Å². The average molecular weight is 234 g/mol. The number of aromatic nitrogens is 2. The standard InChI is InChI=1S/C11H10N2O4/c14-9(15)5-6-13-8-4-2-1-3-7(8)10(16)12-11(13)17/h1-4H,5-6H2,(H,14,15)(H,12,16,17). The highest BCUT2D eigenvalue weighted by Crippen LogP contribution is 2.06. The van der Waals surface area contributed by atoms with Gasteiger partial charge in [-0.25, -0.2) is 4.79 Å². The normalized spacial score (nSPS) is 10.6. The van der Waals surface area contributed by atoms with E-state index < -0.39 is 17.2 Å². The zero-order chi connectivity index (χ0) is 12.4. The van der Waals surface area contributed by atoms with E-state index in [0.717, 1.165) is 0 Å². The molecule has 0 fully saturated rings. The monoisotopic (exact) mass is 234 g/mol. The number of aromatic amines is 1. The molecule has 1 aromatic carbocycles. The number of para-hydroxylation sites is 1. The van der Waals surface area contributed by atoms with E-state index in [0.29, 0.717) is 10.9 Å². The second kappa shape index (κ2) is 4.25. The van der Waals surface area contributed by atoms with Crippen molar-refractivity contribution in [1.82, 2.24) is 9.55 Å². The van der Waals surface area contributed by atoms with Crippen LogP contribution in [0.3, 0.4) is 0 Å². The van der Waals surface area contributed by atoms with Crippen molar-refractivity contribution in [3.05, 3.63) is 45.1 Å². The number of H-pyrrole nitrogens is 1. The molecule has 0 saturated carbocycles. The SMILES string of the molecule is O=C(O)CCn1c(=O)[nH]c(=O)c2ccccc21. The van der Waals surface area contributed by atoms with Gasteiger partial charge in [0.2, 0.25) is 0 Å². The molecule has 2 aromatic rings. The highest BCUT2D eigenvalue weighted by molar-refractivity contribution is 5.77. The summed E-state index contributed by atoms with van der Waals surface area (Å²) in [4.78, 5) is 35.7. The second-order valence-electron chi connectivity index (χ2n) is 3.57. The Morgan fingerprint density at radius 1 is 1.29 bits per heavy atom. The second-order valence-corrected chi connectivity index (χ2v) is 3.57. The number of aliphatic carboxylic acids is 1. The molecule has 1 aromatic heterocycles. The van der Waals surface area contributed by atoms with Crippen LogP contribution < -0.4 is 11.2 Å². The summed E-state index contributed by atoms with van der Waals surface area (Å²) in [6, 6.07) is 6.58. The quantitative estimate of drug-likeness (QED) is 0.791. The maximum absolute atomic E-state index is 11.6. The van der Waals surface area contributed by atoms with Crippen molar-refractivity contribution in [3.63, 3.8) is 0 Å². The van der Waals surface area contributed by atoms with E-state index >= 15 is 0 Å². The number of fused-ring (bicyclic) bond motifs is 1. The number of aryl methyl sites for hydroxylation is 1. The Morgan fingerprint density at radius 3 is 2.71 bits per heavy atom. The number of hydrogen-bond acceptors (Lipinski definition) is 3. The molecular weight excluding hydrogens is 224 g/mol. The maximum Gasteiger partial charge on any atom is 0.328 e. The third-order valence-corrected chi connectivity index (χ3v) is 2.45. The summed E-state index contributed by atoms with van der Waals surface area (Å²) in [6.07, 6.45) is -0.171. The molecule has 1 heterocycles. The molecule has 6 heteroatoms. The summed E-state index contributed by atoms with van der Waals surface area (Å²) >= 11 is 0. The van der Waals surface area contributed by atoms with Gasteiger partial charge < -0.3 is 5.11 Å². The van der Waals surface area contributed by atoms with E-state index in [-0.39, 0.29) is 13.0 Å². The number of carboxylic acid groups (broad SMARTS) is 1. The van der Waals surface area contributed by atoms with Crippen LogP contribution in [0.5, 0.6) is 0 Å². The lowest BCUT2D eigenvalue weighted by Gasteiger charge is -2.07. The number of hydrogen-bond donors (Lipinski definition) is 2. The van der Waals surface area contributed by atoms with Crippen LogP contribution in [0.15, 0.2) is 33.9 Å². The molecule has 0 radical (unpaired) electrons. The Labute approximate surface area is 95.1 Å². The Hall–Kier alpha value is -2.37. The molecule has 6 nitrogen and oxygen atoms in total. The molecule has 88 valence electrons. The zero-order valence-electron chi connectivity index (χ0n) is 8.84. The molecule has 0 bridgehead atoms. The summed E-state index contributed by atoms with van der Waals surface area (Å²) in [6.45, 7) is 0.0332. The molecule has 2 rings (SSSR count). The van der Waals surface area contributed by atoms with Crippen LogP contribution in [0, 0.1) is 0 Å². The fraction of sp³-hybridized carbons (Fsp3) is 0.182. The lowest BCUT2D eigenvalue weighted by atomic mass is 10.2. The lowest BCUT2D eigenvalue weighted by molar-refractivity contribution is -0.137. The minimum atomic E-state index is -0.993. The van der Waals surface area contributed by atoms with Crippen molar-refractivity contribution in [2.75, 3.05) is 0 Å². The van der Waals surface area contributed by atoms with Crippen LogP contribution in [0.2, 0.25) is 0 Å². The third kappa shape index (κ3) is 2.10. The number of nitrogens with zero attached hydrogens (tertiary/aromatic N) is 1. The van der Waals surface area contributed by atoms with Crippen molar-refractivity contribution in [1.29, 1.82) is 0 Å². The molecule has 0 unspecified atom stereocenters. The molecule has 0 spiro atoms. The van der Waals surface area contributed by atoms with Gasteiger partial charge in [0, 0.05) is 6.54 Å². The van der Waals surface area contributed by atoms with E-state index in [1.165, 1.54) is 4.57 Å². The van der Waals surface area contributed by atoms with Crippen molar-refractivity contribution < 1.29 is 9.90 Å². The minimum Gasteiger partial charge on any atom is -0.481 e. The lowest BCUT2D eigenvalue weighted by Crippen LogP contribution is -2.30. The molecule has 0 saturated heterocycles. The van der Waals surface area contributed by atoms with Gasteiger partial charge >= 0.3 is 11.7 Å². The average Bonchev–Trinajstić information content (AvgIpc) is 2.28. The number of carboxylic acids is 1. The fourth-order valence-corrected chi connectivity index (χ4v) is 1.67. The first-order valence-electron chi connectivity index (χ1n) is 5.03. The van der Waals surface area contributed by atoms with Crippen molar-refractivity contribution in [2.24, 2.45) is 0 Å². The minimum absolute atomic E-state index is 0.0332. The first kappa shape index (κ1) is 11.1. The molecule has 0 amide bonds. The molecule has 2 N–H and O–H groups in total. The largest absolute Gasteiger partial charge is 0.481 e. The number of rotatable bonds is 3.